The molecule has 0 amide bonds. The standard InChI is InChI=1S/C15H24N6S/c1-3-12-10-14(15-18-16-11-21(15)19-12)17-13-4-6-20(7-5-13)8-9-22-2/h10-11,13,17H,3-9H2,1-2H3. The second kappa shape index (κ2) is 7.28. The molecular formula is C15H24N6S. The van der Waals surface area contributed by atoms with Crippen molar-refractivity contribution >= 4 is 23.1 Å². The topological polar surface area (TPSA) is 58.3 Å². The van der Waals surface area contributed by atoms with E-state index in [1.165, 1.54) is 38.2 Å². The molecule has 6 nitrogen and oxygen atoms in total. The van der Waals surface area contributed by atoms with Crippen LogP contribution in [0, 0.1) is 0 Å². The van der Waals surface area contributed by atoms with Gasteiger partial charge < -0.3 is 10.2 Å². The largest absolute Gasteiger partial charge is 0.379 e. The third-order valence-electron chi connectivity index (χ3n) is 4.24. The lowest BCUT2D eigenvalue weighted by molar-refractivity contribution is 0.231. The average Bonchev–Trinajstić information content (AvgIpc) is 3.03. The number of piperidine rings is 1. The highest BCUT2D eigenvalue weighted by Crippen LogP contribution is 2.20. The molecule has 22 heavy (non-hydrogen) atoms. The number of rotatable bonds is 6. The molecule has 0 unspecified atom stereocenters. The van der Waals surface area contributed by atoms with Gasteiger partial charge in [0.05, 0.1) is 11.4 Å². The van der Waals surface area contributed by atoms with E-state index >= 15 is 0 Å². The first-order valence-electron chi connectivity index (χ1n) is 7.98. The molecule has 1 aliphatic heterocycles. The molecule has 2 aromatic rings. The molecule has 0 bridgehead atoms. The fourth-order valence-corrected chi connectivity index (χ4v) is 3.34. The molecule has 1 saturated heterocycles. The minimum Gasteiger partial charge on any atom is -0.379 e. The van der Waals surface area contributed by atoms with Crippen LogP contribution in [0.1, 0.15) is 25.5 Å². The van der Waals surface area contributed by atoms with Gasteiger partial charge in [0.25, 0.3) is 0 Å². The first kappa shape index (κ1) is 15.6. The third kappa shape index (κ3) is 3.52. The predicted octanol–water partition coefficient (Wildman–Crippen LogP) is 1.93. The highest BCUT2D eigenvalue weighted by Gasteiger charge is 2.20. The SMILES string of the molecule is CCc1cc(NC2CCN(CCSC)CC2)c2nncn2n1. The summed E-state index contributed by atoms with van der Waals surface area (Å²) in [5.74, 6) is 1.22. The molecule has 1 fully saturated rings. The number of aryl methyl sites for hydroxylation is 1. The van der Waals surface area contributed by atoms with E-state index in [1.54, 1.807) is 10.8 Å². The van der Waals surface area contributed by atoms with Gasteiger partial charge >= 0.3 is 0 Å². The number of fused-ring (bicyclic) bond motifs is 1. The quantitative estimate of drug-likeness (QED) is 0.877. The van der Waals surface area contributed by atoms with E-state index in [2.05, 4.69) is 44.8 Å². The number of aromatic nitrogens is 4. The number of nitrogens with one attached hydrogen (secondary N) is 1. The van der Waals surface area contributed by atoms with E-state index in [9.17, 15) is 0 Å². The molecule has 1 N–H and O–H groups in total. The summed E-state index contributed by atoms with van der Waals surface area (Å²) in [5, 5.41) is 16.3. The van der Waals surface area contributed by atoms with Crippen LogP contribution in [0.25, 0.3) is 5.65 Å². The highest BCUT2D eigenvalue weighted by molar-refractivity contribution is 7.98. The smallest absolute Gasteiger partial charge is 0.200 e. The zero-order chi connectivity index (χ0) is 15.4. The predicted molar refractivity (Wildman–Crippen MR) is 91.6 cm³/mol. The van der Waals surface area contributed by atoms with Crippen molar-refractivity contribution < 1.29 is 0 Å². The molecule has 3 heterocycles. The number of hydrogen-bond donors (Lipinski definition) is 1. The van der Waals surface area contributed by atoms with Crippen molar-refractivity contribution in [2.75, 3.05) is 37.0 Å². The van der Waals surface area contributed by atoms with Gasteiger partial charge in [-0.1, -0.05) is 6.92 Å². The van der Waals surface area contributed by atoms with Crippen molar-refractivity contribution in [2.24, 2.45) is 0 Å². The summed E-state index contributed by atoms with van der Waals surface area (Å²) in [6.45, 7) is 5.67. The lowest BCUT2D eigenvalue weighted by Crippen LogP contribution is -2.40. The molecule has 0 atom stereocenters. The van der Waals surface area contributed by atoms with Crippen molar-refractivity contribution in [1.29, 1.82) is 0 Å². The summed E-state index contributed by atoms with van der Waals surface area (Å²) in [4.78, 5) is 2.56. The van der Waals surface area contributed by atoms with Gasteiger partial charge in [0, 0.05) is 31.4 Å². The Hall–Kier alpha value is -1.34. The van der Waals surface area contributed by atoms with Crippen LogP contribution in [0.5, 0.6) is 0 Å². The maximum atomic E-state index is 4.49. The maximum Gasteiger partial charge on any atom is 0.200 e. The van der Waals surface area contributed by atoms with Crippen LogP contribution < -0.4 is 5.32 Å². The minimum atomic E-state index is 0.512. The normalized spacial score (nSPS) is 17.2. The van der Waals surface area contributed by atoms with E-state index < -0.39 is 0 Å². The van der Waals surface area contributed by atoms with Crippen molar-refractivity contribution in [1.82, 2.24) is 24.7 Å². The van der Waals surface area contributed by atoms with Crippen LogP contribution >= 0.6 is 11.8 Å². The number of likely N-dealkylation sites (tertiary alicyclic amines) is 1. The summed E-state index contributed by atoms with van der Waals surface area (Å²) >= 11 is 1.92. The number of anilines is 1. The first-order chi connectivity index (χ1) is 10.8. The summed E-state index contributed by atoms with van der Waals surface area (Å²) in [5.41, 5.74) is 2.95. The molecular weight excluding hydrogens is 296 g/mol. The van der Waals surface area contributed by atoms with E-state index in [-0.39, 0.29) is 0 Å². The Kier molecular flexibility index (Phi) is 5.15. The third-order valence-corrected chi connectivity index (χ3v) is 4.83. The molecule has 120 valence electrons. The van der Waals surface area contributed by atoms with Gasteiger partial charge in [-0.05, 0) is 31.6 Å². The molecule has 0 saturated carbocycles. The summed E-state index contributed by atoms with van der Waals surface area (Å²) < 4.78 is 1.77. The zero-order valence-corrected chi connectivity index (χ0v) is 14.1. The first-order valence-corrected chi connectivity index (χ1v) is 9.37. The van der Waals surface area contributed by atoms with Crippen LogP contribution in [0.2, 0.25) is 0 Å². The number of thioether (sulfide) groups is 1. The van der Waals surface area contributed by atoms with Crippen LogP contribution in [0.4, 0.5) is 5.69 Å². The minimum absolute atomic E-state index is 0.512. The number of hydrogen-bond acceptors (Lipinski definition) is 6. The molecule has 0 spiro atoms. The molecule has 0 radical (unpaired) electrons. The van der Waals surface area contributed by atoms with Crippen molar-refractivity contribution in [2.45, 2.75) is 32.2 Å². The molecule has 2 aromatic heterocycles. The lowest BCUT2D eigenvalue weighted by Gasteiger charge is -2.32. The Labute approximate surface area is 135 Å². The fraction of sp³-hybridized carbons (Fsp3) is 0.667. The monoisotopic (exact) mass is 320 g/mol. The van der Waals surface area contributed by atoms with Crippen LogP contribution in [-0.2, 0) is 6.42 Å². The zero-order valence-electron chi connectivity index (χ0n) is 13.3. The van der Waals surface area contributed by atoms with Crippen LogP contribution in [0.3, 0.4) is 0 Å². The van der Waals surface area contributed by atoms with E-state index in [0.717, 1.165) is 23.4 Å². The summed E-state index contributed by atoms with van der Waals surface area (Å²) in [7, 11) is 0. The van der Waals surface area contributed by atoms with E-state index in [0.29, 0.717) is 6.04 Å². The Balaban J connectivity index is 1.65. The van der Waals surface area contributed by atoms with Crippen molar-refractivity contribution in [3.05, 3.63) is 18.1 Å². The van der Waals surface area contributed by atoms with E-state index in [1.807, 2.05) is 11.8 Å². The Bertz CT molecular complexity index is 605. The van der Waals surface area contributed by atoms with Gasteiger partial charge in [0.1, 0.15) is 6.33 Å². The highest BCUT2D eigenvalue weighted by atomic mass is 32.2. The molecule has 7 heteroatoms. The second-order valence-electron chi connectivity index (χ2n) is 5.76. The van der Waals surface area contributed by atoms with Crippen molar-refractivity contribution in [3.8, 4) is 0 Å². The Morgan fingerprint density at radius 3 is 2.91 bits per heavy atom. The molecule has 3 rings (SSSR count). The Morgan fingerprint density at radius 1 is 1.36 bits per heavy atom. The fourth-order valence-electron chi connectivity index (χ4n) is 2.90. The number of nitrogens with zero attached hydrogens (tertiary/aromatic N) is 5. The second-order valence-corrected chi connectivity index (χ2v) is 6.74. The van der Waals surface area contributed by atoms with Gasteiger partial charge in [-0.15, -0.1) is 10.2 Å². The van der Waals surface area contributed by atoms with E-state index in [4.69, 9.17) is 0 Å². The van der Waals surface area contributed by atoms with Gasteiger partial charge in [-0.3, -0.25) is 0 Å². The molecule has 1 aliphatic rings. The van der Waals surface area contributed by atoms with Gasteiger partial charge in [-0.2, -0.15) is 21.4 Å². The van der Waals surface area contributed by atoms with Gasteiger partial charge in [0.2, 0.25) is 5.65 Å². The maximum absolute atomic E-state index is 4.49. The Morgan fingerprint density at radius 2 is 2.18 bits per heavy atom. The average molecular weight is 320 g/mol. The van der Waals surface area contributed by atoms with Crippen molar-refractivity contribution in [3.63, 3.8) is 0 Å². The molecule has 0 aromatic carbocycles. The lowest BCUT2D eigenvalue weighted by atomic mass is 10.0. The summed E-state index contributed by atoms with van der Waals surface area (Å²) in [6, 6.07) is 2.63. The summed E-state index contributed by atoms with van der Waals surface area (Å²) in [6.07, 6.45) is 7.12. The van der Waals surface area contributed by atoms with Crippen LogP contribution in [-0.4, -0.2) is 62.4 Å². The van der Waals surface area contributed by atoms with Gasteiger partial charge in [0.15, 0.2) is 0 Å². The van der Waals surface area contributed by atoms with Crippen LogP contribution in [0.15, 0.2) is 12.4 Å². The van der Waals surface area contributed by atoms with Gasteiger partial charge in [-0.25, -0.2) is 0 Å². The molecule has 0 aliphatic carbocycles.